The van der Waals surface area contributed by atoms with Gasteiger partial charge in [0.1, 0.15) is 0 Å². The van der Waals surface area contributed by atoms with E-state index in [2.05, 4.69) is 24.0 Å². The number of benzene rings is 1. The number of hydrogen-bond donors (Lipinski definition) is 2. The first-order valence-electron chi connectivity index (χ1n) is 6.39. The van der Waals surface area contributed by atoms with Crippen molar-refractivity contribution < 1.29 is 5.11 Å². The highest BCUT2D eigenvalue weighted by Crippen LogP contribution is 2.24. The molecule has 92 valence electrons. The van der Waals surface area contributed by atoms with Gasteiger partial charge in [0.05, 0.1) is 6.10 Å². The Balaban J connectivity index is 1.74. The van der Waals surface area contributed by atoms with E-state index in [1.165, 1.54) is 5.56 Å². The first kappa shape index (κ1) is 12.3. The van der Waals surface area contributed by atoms with Crippen molar-refractivity contribution in [3.63, 3.8) is 0 Å². The molecule has 1 saturated carbocycles. The Morgan fingerprint density at radius 1 is 1.29 bits per heavy atom. The third-order valence-corrected chi connectivity index (χ3v) is 3.55. The van der Waals surface area contributed by atoms with Gasteiger partial charge in [-0.05, 0) is 29.9 Å². The van der Waals surface area contributed by atoms with E-state index in [0.717, 1.165) is 37.9 Å². The van der Waals surface area contributed by atoms with Crippen molar-refractivity contribution in [2.24, 2.45) is 5.92 Å². The normalized spacial score (nSPS) is 23.8. The molecule has 0 heterocycles. The molecule has 1 aliphatic carbocycles. The lowest BCUT2D eigenvalue weighted by atomic mass is 10.1. The van der Waals surface area contributed by atoms with Crippen LogP contribution in [0.2, 0.25) is 0 Å². The highest BCUT2D eigenvalue weighted by Gasteiger charge is 2.24. The zero-order valence-corrected chi connectivity index (χ0v) is 10.2. The van der Waals surface area contributed by atoms with E-state index in [-0.39, 0.29) is 6.10 Å². The zero-order chi connectivity index (χ0) is 12.1. The highest BCUT2D eigenvalue weighted by molar-refractivity contribution is 5.64. The second-order valence-electron chi connectivity index (χ2n) is 4.86. The fourth-order valence-corrected chi connectivity index (χ4v) is 2.44. The van der Waals surface area contributed by atoms with Crippen molar-refractivity contribution >= 4 is 5.57 Å². The summed E-state index contributed by atoms with van der Waals surface area (Å²) < 4.78 is 0. The molecule has 2 heteroatoms. The van der Waals surface area contributed by atoms with Gasteiger partial charge in [-0.25, -0.2) is 0 Å². The van der Waals surface area contributed by atoms with Gasteiger partial charge in [0.2, 0.25) is 0 Å². The Bertz CT molecular complexity index is 360. The van der Waals surface area contributed by atoms with Gasteiger partial charge in [-0.1, -0.05) is 43.3 Å². The molecule has 1 aromatic carbocycles. The van der Waals surface area contributed by atoms with Crippen LogP contribution in [0.5, 0.6) is 0 Å². The van der Waals surface area contributed by atoms with Crippen molar-refractivity contribution in [1.29, 1.82) is 0 Å². The van der Waals surface area contributed by atoms with Gasteiger partial charge in [0.25, 0.3) is 0 Å². The molecule has 1 aliphatic rings. The summed E-state index contributed by atoms with van der Waals surface area (Å²) in [6.45, 7) is 5.78. The van der Waals surface area contributed by atoms with Crippen LogP contribution in [-0.2, 0) is 0 Å². The van der Waals surface area contributed by atoms with Crippen LogP contribution >= 0.6 is 0 Å². The molecule has 17 heavy (non-hydrogen) atoms. The first-order chi connectivity index (χ1) is 8.27. The largest absolute Gasteiger partial charge is 0.393 e. The van der Waals surface area contributed by atoms with Gasteiger partial charge in [-0.2, -0.15) is 0 Å². The van der Waals surface area contributed by atoms with Crippen molar-refractivity contribution in [1.82, 2.24) is 5.32 Å². The van der Waals surface area contributed by atoms with Gasteiger partial charge in [0.15, 0.2) is 0 Å². The summed E-state index contributed by atoms with van der Waals surface area (Å²) in [7, 11) is 0. The summed E-state index contributed by atoms with van der Waals surface area (Å²) in [5.41, 5.74) is 2.30. The Morgan fingerprint density at radius 3 is 2.71 bits per heavy atom. The second kappa shape index (κ2) is 5.99. The molecule has 0 bridgehead atoms. The second-order valence-corrected chi connectivity index (χ2v) is 4.86. The van der Waals surface area contributed by atoms with E-state index in [1.54, 1.807) is 0 Å². The third-order valence-electron chi connectivity index (χ3n) is 3.55. The molecule has 2 unspecified atom stereocenters. The van der Waals surface area contributed by atoms with Gasteiger partial charge < -0.3 is 10.4 Å². The lowest BCUT2D eigenvalue weighted by molar-refractivity contribution is 0.132. The summed E-state index contributed by atoms with van der Waals surface area (Å²) in [4.78, 5) is 0. The molecular formula is C15H21NO. The predicted octanol–water partition coefficient (Wildman–Crippen LogP) is 2.45. The Hall–Kier alpha value is -1.12. The van der Waals surface area contributed by atoms with E-state index in [1.807, 2.05) is 18.2 Å². The van der Waals surface area contributed by atoms with Crippen molar-refractivity contribution in [3.8, 4) is 0 Å². The smallest absolute Gasteiger partial charge is 0.0580 e. The molecule has 2 nitrogen and oxygen atoms in total. The van der Waals surface area contributed by atoms with Crippen LogP contribution in [0.25, 0.3) is 5.57 Å². The maximum atomic E-state index is 9.71. The quantitative estimate of drug-likeness (QED) is 0.816. The summed E-state index contributed by atoms with van der Waals surface area (Å²) in [6, 6.07) is 10.2. The molecule has 2 N–H and O–H groups in total. The van der Waals surface area contributed by atoms with Crippen LogP contribution in [-0.4, -0.2) is 24.3 Å². The number of aliphatic hydroxyl groups excluding tert-OH is 1. The molecule has 0 amide bonds. The van der Waals surface area contributed by atoms with Crippen LogP contribution in [0.3, 0.4) is 0 Å². The average Bonchev–Trinajstić information content (AvgIpc) is 2.76. The predicted molar refractivity (Wildman–Crippen MR) is 71.7 cm³/mol. The van der Waals surface area contributed by atoms with Crippen molar-refractivity contribution in [2.75, 3.05) is 13.1 Å². The molecule has 0 aliphatic heterocycles. The monoisotopic (exact) mass is 231 g/mol. The van der Waals surface area contributed by atoms with Crippen molar-refractivity contribution in [3.05, 3.63) is 42.5 Å². The van der Waals surface area contributed by atoms with Crippen LogP contribution in [0.15, 0.2) is 36.9 Å². The van der Waals surface area contributed by atoms with Crippen LogP contribution in [0, 0.1) is 5.92 Å². The molecule has 0 aromatic heterocycles. The molecule has 0 saturated heterocycles. The number of hydrogen-bond acceptors (Lipinski definition) is 2. The van der Waals surface area contributed by atoms with Crippen LogP contribution in [0.4, 0.5) is 0 Å². The molecule has 1 aromatic rings. The Morgan fingerprint density at radius 2 is 2.06 bits per heavy atom. The molecule has 2 rings (SSSR count). The summed E-state index contributed by atoms with van der Waals surface area (Å²) in [5, 5.41) is 13.1. The molecule has 0 radical (unpaired) electrons. The van der Waals surface area contributed by atoms with Crippen LogP contribution in [0.1, 0.15) is 24.8 Å². The summed E-state index contributed by atoms with van der Waals surface area (Å²) in [6.07, 6.45) is 3.16. The van der Waals surface area contributed by atoms with Gasteiger partial charge in [-0.3, -0.25) is 0 Å². The minimum absolute atomic E-state index is 0.104. The number of aliphatic hydroxyl groups is 1. The van der Waals surface area contributed by atoms with E-state index in [9.17, 15) is 5.11 Å². The fourth-order valence-electron chi connectivity index (χ4n) is 2.44. The lowest BCUT2D eigenvalue weighted by Crippen LogP contribution is -2.28. The summed E-state index contributed by atoms with van der Waals surface area (Å²) in [5.74, 6) is 0.429. The maximum Gasteiger partial charge on any atom is 0.0580 e. The highest BCUT2D eigenvalue weighted by atomic mass is 16.3. The number of nitrogens with one attached hydrogen (secondary N) is 1. The van der Waals surface area contributed by atoms with E-state index < -0.39 is 0 Å². The lowest BCUT2D eigenvalue weighted by Gasteiger charge is -2.15. The third kappa shape index (κ3) is 3.42. The van der Waals surface area contributed by atoms with Crippen LogP contribution < -0.4 is 5.32 Å². The summed E-state index contributed by atoms with van der Waals surface area (Å²) >= 11 is 0. The zero-order valence-electron chi connectivity index (χ0n) is 10.2. The van der Waals surface area contributed by atoms with Gasteiger partial charge >= 0.3 is 0 Å². The molecule has 1 fully saturated rings. The van der Waals surface area contributed by atoms with E-state index in [0.29, 0.717) is 5.92 Å². The molecule has 2 atom stereocenters. The first-order valence-corrected chi connectivity index (χ1v) is 6.39. The molecule has 0 spiro atoms. The fraction of sp³-hybridized carbons (Fsp3) is 0.467. The van der Waals surface area contributed by atoms with E-state index >= 15 is 0 Å². The van der Waals surface area contributed by atoms with Crippen molar-refractivity contribution in [2.45, 2.75) is 25.4 Å². The van der Waals surface area contributed by atoms with Gasteiger partial charge in [0, 0.05) is 13.1 Å². The standard InChI is InChI=1S/C15H21NO/c1-12(13-6-3-2-4-7-13)10-16-11-14-8-5-9-15(14)17/h2-4,6-7,14-17H,1,5,8-11H2. The topological polar surface area (TPSA) is 32.3 Å². The minimum atomic E-state index is -0.104. The van der Waals surface area contributed by atoms with E-state index in [4.69, 9.17) is 0 Å². The number of rotatable bonds is 5. The maximum absolute atomic E-state index is 9.71. The SMILES string of the molecule is C=C(CNCC1CCCC1O)c1ccccc1. The van der Waals surface area contributed by atoms with Gasteiger partial charge in [-0.15, -0.1) is 0 Å². The average molecular weight is 231 g/mol. The molecular weight excluding hydrogens is 210 g/mol. The minimum Gasteiger partial charge on any atom is -0.393 e. The Kier molecular flexibility index (Phi) is 4.35. The Labute approximate surface area is 103 Å².